The fourth-order valence-electron chi connectivity index (χ4n) is 3.97. The number of hydrogen-bond donors (Lipinski definition) is 1. The van der Waals surface area contributed by atoms with Gasteiger partial charge in [0.15, 0.2) is 23.6 Å². The molecule has 2 aliphatic rings. The van der Waals surface area contributed by atoms with Crippen LogP contribution in [0.4, 0.5) is 11.4 Å². The van der Waals surface area contributed by atoms with Gasteiger partial charge in [-0.1, -0.05) is 11.3 Å². The molecule has 166 valence electrons. The van der Waals surface area contributed by atoms with E-state index in [1.807, 2.05) is 32.0 Å². The Morgan fingerprint density at radius 2 is 1.69 bits per heavy atom. The molecule has 0 bridgehead atoms. The molecule has 3 amide bonds. The number of fused-ring (bicyclic) bond motifs is 1. The third-order valence-electron chi connectivity index (χ3n) is 5.29. The molecule has 2 aliphatic heterocycles. The van der Waals surface area contributed by atoms with Crippen molar-refractivity contribution < 1.29 is 23.9 Å². The van der Waals surface area contributed by atoms with E-state index in [0.29, 0.717) is 22.9 Å². The maximum Gasteiger partial charge on any atom is 0.263 e. The lowest BCUT2D eigenvalue weighted by Crippen LogP contribution is -2.43. The number of carbonyl (C=O) groups is 3. The minimum atomic E-state index is -0.996. The average molecular weight is 437 g/mol. The number of rotatable bonds is 6. The number of imide groups is 1. The number of anilines is 2. The second-order valence-electron chi connectivity index (χ2n) is 7.67. The van der Waals surface area contributed by atoms with Crippen LogP contribution < -0.4 is 19.7 Å². The molecule has 2 aromatic rings. The summed E-state index contributed by atoms with van der Waals surface area (Å²) in [4.78, 5) is 39.7. The van der Waals surface area contributed by atoms with Gasteiger partial charge in [0.2, 0.25) is 5.91 Å². The Labute approximate surface area is 184 Å². The third kappa shape index (κ3) is 3.75. The van der Waals surface area contributed by atoms with Crippen LogP contribution in [-0.2, 0) is 14.4 Å². The lowest BCUT2D eigenvalue weighted by atomic mass is 10.1. The average Bonchev–Trinajstić information content (AvgIpc) is 3.26. The van der Waals surface area contributed by atoms with Gasteiger partial charge in [-0.15, -0.1) is 0 Å². The first-order chi connectivity index (χ1) is 15.3. The Morgan fingerprint density at radius 1 is 1.00 bits per heavy atom. The van der Waals surface area contributed by atoms with Gasteiger partial charge in [-0.2, -0.15) is 5.11 Å². The number of hydrogen-bond acceptors (Lipinski definition) is 8. The maximum absolute atomic E-state index is 13.1. The van der Waals surface area contributed by atoms with E-state index in [1.54, 1.807) is 18.2 Å². The van der Waals surface area contributed by atoms with E-state index in [9.17, 15) is 14.4 Å². The molecule has 2 heterocycles. The smallest absolute Gasteiger partial charge is 0.263 e. The molecule has 0 spiro atoms. The molecule has 1 saturated heterocycles. The van der Waals surface area contributed by atoms with Crippen molar-refractivity contribution >= 4 is 29.1 Å². The van der Waals surface area contributed by atoms with E-state index in [-0.39, 0.29) is 12.5 Å². The van der Waals surface area contributed by atoms with E-state index in [4.69, 9.17) is 9.47 Å². The number of nitrogens with one attached hydrogen (secondary N) is 1. The number of carbonyl (C=O) groups excluding carboxylic acids is 3. The van der Waals surface area contributed by atoms with Crippen molar-refractivity contribution in [1.29, 1.82) is 0 Å². The van der Waals surface area contributed by atoms with Crippen LogP contribution in [0, 0.1) is 13.8 Å². The first-order valence-electron chi connectivity index (χ1n) is 9.97. The first kappa shape index (κ1) is 21.3. The van der Waals surface area contributed by atoms with Crippen molar-refractivity contribution in [2.45, 2.75) is 25.9 Å². The SMILES string of the molecule is COc1ccc(N2C(=O)[C@@H]3[C@@H](N=NN3CC(=O)Nc3cc(C)cc(C)c3)C2=O)cc1OC. The van der Waals surface area contributed by atoms with Crippen molar-refractivity contribution in [1.82, 2.24) is 5.01 Å². The molecule has 1 fully saturated rings. The van der Waals surface area contributed by atoms with Crippen LogP contribution in [0.15, 0.2) is 46.7 Å². The van der Waals surface area contributed by atoms with Gasteiger partial charge in [0.05, 0.1) is 19.9 Å². The summed E-state index contributed by atoms with van der Waals surface area (Å²) in [5, 5.41) is 11.9. The highest BCUT2D eigenvalue weighted by molar-refractivity contribution is 6.25. The van der Waals surface area contributed by atoms with Crippen LogP contribution in [0.25, 0.3) is 0 Å². The zero-order chi connectivity index (χ0) is 23.0. The minimum absolute atomic E-state index is 0.212. The molecule has 4 rings (SSSR count). The van der Waals surface area contributed by atoms with Crippen LogP contribution in [0.1, 0.15) is 11.1 Å². The highest BCUT2D eigenvalue weighted by Crippen LogP contribution is 2.36. The molecule has 0 radical (unpaired) electrons. The number of aryl methyl sites for hydroxylation is 2. The summed E-state index contributed by atoms with van der Waals surface area (Å²) in [5.74, 6) is -0.516. The minimum Gasteiger partial charge on any atom is -0.493 e. The second kappa shape index (κ2) is 8.29. The van der Waals surface area contributed by atoms with E-state index in [1.165, 1.54) is 19.2 Å². The van der Waals surface area contributed by atoms with Crippen LogP contribution in [0.2, 0.25) is 0 Å². The number of methoxy groups -OCH3 is 2. The monoisotopic (exact) mass is 437 g/mol. The van der Waals surface area contributed by atoms with Gasteiger partial charge in [-0.3, -0.25) is 19.4 Å². The van der Waals surface area contributed by atoms with Crippen LogP contribution in [-0.4, -0.2) is 55.6 Å². The Morgan fingerprint density at radius 3 is 2.34 bits per heavy atom. The van der Waals surface area contributed by atoms with E-state index >= 15 is 0 Å². The van der Waals surface area contributed by atoms with Gasteiger partial charge in [0.25, 0.3) is 11.8 Å². The predicted molar refractivity (Wildman–Crippen MR) is 116 cm³/mol. The quantitative estimate of drug-likeness (QED) is 0.694. The molecule has 10 heteroatoms. The van der Waals surface area contributed by atoms with E-state index in [0.717, 1.165) is 16.0 Å². The van der Waals surface area contributed by atoms with Crippen molar-refractivity contribution in [3.63, 3.8) is 0 Å². The number of ether oxygens (including phenoxy) is 2. The highest BCUT2D eigenvalue weighted by atomic mass is 16.5. The number of amides is 3. The number of benzene rings is 2. The molecule has 0 aromatic heterocycles. The van der Waals surface area contributed by atoms with Crippen molar-refractivity contribution in [3.05, 3.63) is 47.5 Å². The topological polar surface area (TPSA) is 113 Å². The van der Waals surface area contributed by atoms with Crippen molar-refractivity contribution in [2.24, 2.45) is 10.3 Å². The fraction of sp³-hybridized carbons (Fsp3) is 0.318. The molecule has 0 saturated carbocycles. The summed E-state index contributed by atoms with van der Waals surface area (Å²) < 4.78 is 10.5. The fourth-order valence-corrected chi connectivity index (χ4v) is 3.97. The Kier molecular flexibility index (Phi) is 5.52. The lowest BCUT2D eigenvalue weighted by molar-refractivity contribution is -0.123. The van der Waals surface area contributed by atoms with Crippen molar-refractivity contribution in [3.8, 4) is 11.5 Å². The summed E-state index contributed by atoms with van der Waals surface area (Å²) in [6.45, 7) is 3.66. The number of nitrogens with zero attached hydrogens (tertiary/aromatic N) is 4. The predicted octanol–water partition coefficient (Wildman–Crippen LogP) is 2.25. The molecule has 2 atom stereocenters. The molecule has 0 aliphatic carbocycles. The van der Waals surface area contributed by atoms with Crippen molar-refractivity contribution in [2.75, 3.05) is 31.0 Å². The van der Waals surface area contributed by atoms with Crippen LogP contribution in [0.5, 0.6) is 11.5 Å². The molecule has 32 heavy (non-hydrogen) atoms. The zero-order valence-corrected chi connectivity index (χ0v) is 18.2. The summed E-state index contributed by atoms with van der Waals surface area (Å²) in [5.41, 5.74) is 3.02. The Balaban J connectivity index is 1.51. The van der Waals surface area contributed by atoms with Gasteiger partial charge < -0.3 is 14.8 Å². The normalized spacial score (nSPS) is 19.4. The summed E-state index contributed by atoms with van der Waals surface area (Å²) in [7, 11) is 2.96. The third-order valence-corrected chi connectivity index (χ3v) is 5.29. The molecule has 1 N–H and O–H groups in total. The summed E-state index contributed by atoms with van der Waals surface area (Å²) >= 11 is 0. The molecule has 0 unspecified atom stereocenters. The van der Waals surface area contributed by atoms with Crippen LogP contribution >= 0.6 is 0 Å². The van der Waals surface area contributed by atoms with Gasteiger partial charge in [-0.25, -0.2) is 4.90 Å². The molecule has 2 aromatic carbocycles. The Bertz CT molecular complexity index is 1110. The van der Waals surface area contributed by atoms with Gasteiger partial charge in [0.1, 0.15) is 6.54 Å². The largest absolute Gasteiger partial charge is 0.493 e. The summed E-state index contributed by atoms with van der Waals surface area (Å²) in [6.07, 6.45) is 0. The van der Waals surface area contributed by atoms with Gasteiger partial charge in [0, 0.05) is 11.8 Å². The first-order valence-corrected chi connectivity index (χ1v) is 9.97. The standard InChI is InChI=1S/C22H23N5O5/c1-12-7-13(2)9-14(8-12)23-18(28)11-26-20-19(24-25-26)21(29)27(22(20)30)15-5-6-16(31-3)17(10-15)32-4/h5-10,19-20H,11H2,1-4H3,(H,23,28)/t19-,20+/m1/s1. The second-order valence-corrected chi connectivity index (χ2v) is 7.67. The molecule has 10 nitrogen and oxygen atoms in total. The van der Waals surface area contributed by atoms with Crippen LogP contribution in [0.3, 0.4) is 0 Å². The maximum atomic E-state index is 13.1. The lowest BCUT2D eigenvalue weighted by Gasteiger charge is -2.21. The summed E-state index contributed by atoms with van der Waals surface area (Å²) in [6, 6.07) is 8.48. The van der Waals surface area contributed by atoms with E-state index < -0.39 is 23.9 Å². The van der Waals surface area contributed by atoms with E-state index in [2.05, 4.69) is 15.7 Å². The zero-order valence-electron chi connectivity index (χ0n) is 18.2. The Hall–Kier alpha value is -3.95. The molecular weight excluding hydrogens is 414 g/mol. The highest BCUT2D eigenvalue weighted by Gasteiger charge is 2.55. The molecular formula is C22H23N5O5. The van der Waals surface area contributed by atoms with Gasteiger partial charge in [-0.05, 0) is 49.2 Å². The van der Waals surface area contributed by atoms with Gasteiger partial charge >= 0.3 is 0 Å².